The molecule has 3 aromatic carbocycles. The Morgan fingerprint density at radius 2 is 1.63 bits per heavy atom. The van der Waals surface area contributed by atoms with Gasteiger partial charge < -0.3 is 5.32 Å². The van der Waals surface area contributed by atoms with Gasteiger partial charge in [0.1, 0.15) is 11.9 Å². The first-order valence-electron chi connectivity index (χ1n) is 10.8. The van der Waals surface area contributed by atoms with Gasteiger partial charge in [0, 0.05) is 6.42 Å². The highest BCUT2D eigenvalue weighted by molar-refractivity contribution is 6.23. The van der Waals surface area contributed by atoms with Gasteiger partial charge in [-0.1, -0.05) is 42.5 Å². The summed E-state index contributed by atoms with van der Waals surface area (Å²) in [7, 11) is 0. The van der Waals surface area contributed by atoms with Gasteiger partial charge in [-0.3, -0.25) is 19.3 Å². The van der Waals surface area contributed by atoms with Crippen LogP contribution in [0.4, 0.5) is 10.1 Å². The van der Waals surface area contributed by atoms with Crippen molar-refractivity contribution in [3.8, 4) is 5.69 Å². The van der Waals surface area contributed by atoms with Gasteiger partial charge in [0.05, 0.1) is 22.5 Å². The molecule has 1 aromatic heterocycles. The predicted octanol–water partition coefficient (Wildman–Crippen LogP) is 2.96. The van der Waals surface area contributed by atoms with Crippen molar-refractivity contribution >= 4 is 23.4 Å². The summed E-state index contributed by atoms with van der Waals surface area (Å²) in [6.07, 6.45) is 0.0611. The van der Waals surface area contributed by atoms with Crippen molar-refractivity contribution in [2.45, 2.75) is 19.4 Å². The van der Waals surface area contributed by atoms with Crippen LogP contribution in [-0.4, -0.2) is 48.9 Å². The van der Waals surface area contributed by atoms with Crippen molar-refractivity contribution < 1.29 is 18.8 Å². The Morgan fingerprint density at radius 1 is 0.971 bits per heavy atom. The lowest BCUT2D eigenvalue weighted by Gasteiger charge is -2.25. The van der Waals surface area contributed by atoms with Crippen LogP contribution in [0.2, 0.25) is 0 Å². The van der Waals surface area contributed by atoms with E-state index in [9.17, 15) is 18.8 Å². The fourth-order valence-electron chi connectivity index (χ4n) is 4.06. The molecule has 1 atom stereocenters. The van der Waals surface area contributed by atoms with Gasteiger partial charge in [-0.05, 0) is 53.2 Å². The van der Waals surface area contributed by atoms with Crippen molar-refractivity contribution in [2.75, 3.05) is 5.32 Å². The summed E-state index contributed by atoms with van der Waals surface area (Å²) in [4.78, 5) is 40.7. The Morgan fingerprint density at radius 3 is 2.26 bits per heavy atom. The number of aryl methyl sites for hydroxylation is 1. The fourth-order valence-corrected chi connectivity index (χ4v) is 4.06. The zero-order chi connectivity index (χ0) is 24.5. The number of anilines is 1. The van der Waals surface area contributed by atoms with Crippen LogP contribution in [0, 0.1) is 12.7 Å². The normalized spacial score (nSPS) is 13.6. The van der Waals surface area contributed by atoms with E-state index in [1.165, 1.54) is 22.9 Å². The molecule has 0 bridgehead atoms. The number of carbonyl (C=O) groups is 3. The number of nitrogens with zero attached hydrogens (tertiary/aromatic N) is 5. The summed E-state index contributed by atoms with van der Waals surface area (Å²) < 4.78 is 16.1. The summed E-state index contributed by atoms with van der Waals surface area (Å²) in [5, 5.41) is 13.8. The molecule has 0 radical (unpaired) electrons. The second kappa shape index (κ2) is 8.90. The van der Waals surface area contributed by atoms with E-state index in [4.69, 9.17) is 0 Å². The number of amides is 3. The molecule has 0 spiro atoms. The third-order valence-electron chi connectivity index (χ3n) is 5.79. The van der Waals surface area contributed by atoms with E-state index in [2.05, 4.69) is 20.8 Å². The van der Waals surface area contributed by atoms with E-state index in [-0.39, 0.29) is 23.2 Å². The van der Waals surface area contributed by atoms with E-state index in [0.717, 1.165) is 10.5 Å². The molecule has 0 saturated heterocycles. The molecule has 174 valence electrons. The van der Waals surface area contributed by atoms with Crippen LogP contribution in [0.5, 0.6) is 0 Å². The number of halogens is 1. The van der Waals surface area contributed by atoms with Gasteiger partial charge in [0.2, 0.25) is 5.91 Å². The molecule has 1 aliphatic heterocycles. The molecule has 4 aromatic rings. The molecule has 1 N–H and O–H groups in total. The van der Waals surface area contributed by atoms with Crippen LogP contribution in [0.1, 0.15) is 32.1 Å². The molecular weight excluding hydrogens is 451 g/mol. The summed E-state index contributed by atoms with van der Waals surface area (Å²) in [5.41, 5.74) is 1.50. The molecule has 1 unspecified atom stereocenters. The van der Waals surface area contributed by atoms with Crippen molar-refractivity contribution in [2.24, 2.45) is 0 Å². The topological polar surface area (TPSA) is 110 Å². The van der Waals surface area contributed by atoms with Crippen LogP contribution < -0.4 is 5.32 Å². The lowest BCUT2D eigenvalue weighted by molar-refractivity contribution is -0.120. The van der Waals surface area contributed by atoms with Crippen LogP contribution in [0.15, 0.2) is 72.8 Å². The van der Waals surface area contributed by atoms with E-state index >= 15 is 0 Å². The molecule has 0 fully saturated rings. The summed E-state index contributed by atoms with van der Waals surface area (Å²) in [6.45, 7) is 1.68. The zero-order valence-corrected chi connectivity index (χ0v) is 18.6. The molecule has 9 nitrogen and oxygen atoms in total. The van der Waals surface area contributed by atoms with Crippen LogP contribution in [0.25, 0.3) is 5.69 Å². The largest absolute Gasteiger partial charge is 0.322 e. The summed E-state index contributed by atoms with van der Waals surface area (Å²) in [6, 6.07) is 18.2. The highest BCUT2D eigenvalue weighted by atomic mass is 19.1. The lowest BCUT2D eigenvalue weighted by Crippen LogP contribution is -2.48. The maximum atomic E-state index is 14.7. The Bertz CT molecular complexity index is 1420. The number of nitrogens with one attached hydrogen (secondary N) is 1. The number of benzene rings is 3. The van der Waals surface area contributed by atoms with E-state index in [1.54, 1.807) is 55.5 Å². The number of rotatable bonds is 6. The molecule has 2 heterocycles. The summed E-state index contributed by atoms with van der Waals surface area (Å²) >= 11 is 0. The molecule has 3 amide bonds. The number of carbonyl (C=O) groups excluding carboxylic acids is 3. The van der Waals surface area contributed by atoms with E-state index in [1.807, 2.05) is 6.07 Å². The molecule has 10 heteroatoms. The number of tetrazole rings is 1. The highest BCUT2D eigenvalue weighted by Crippen LogP contribution is 2.27. The quantitative estimate of drug-likeness (QED) is 0.434. The SMILES string of the molecule is Cc1nnnn1-c1ccc(F)c(NC(=O)C(Cc2ccccc2)N2C(=O)c3ccccc3C2=O)c1. The first-order chi connectivity index (χ1) is 16.9. The minimum Gasteiger partial charge on any atom is -0.322 e. The third kappa shape index (κ3) is 4.05. The molecule has 0 aliphatic carbocycles. The maximum Gasteiger partial charge on any atom is 0.262 e. The molecular formula is C25H19FN6O3. The van der Waals surface area contributed by atoms with Gasteiger partial charge in [0.15, 0.2) is 5.82 Å². The van der Waals surface area contributed by atoms with Gasteiger partial charge in [-0.25, -0.2) is 4.39 Å². The molecule has 35 heavy (non-hydrogen) atoms. The first-order valence-corrected chi connectivity index (χ1v) is 10.8. The number of hydrogen-bond donors (Lipinski definition) is 1. The lowest BCUT2D eigenvalue weighted by atomic mass is 10.0. The van der Waals surface area contributed by atoms with Crippen molar-refractivity contribution in [3.05, 3.63) is 101 Å². The molecule has 1 aliphatic rings. The van der Waals surface area contributed by atoms with Crippen molar-refractivity contribution in [1.82, 2.24) is 25.1 Å². The fraction of sp³-hybridized carbons (Fsp3) is 0.120. The predicted molar refractivity (Wildman–Crippen MR) is 123 cm³/mol. The number of fused-ring (bicyclic) bond motifs is 1. The van der Waals surface area contributed by atoms with Crippen LogP contribution >= 0.6 is 0 Å². The maximum absolute atomic E-state index is 14.7. The minimum atomic E-state index is -1.21. The number of hydrogen-bond acceptors (Lipinski definition) is 6. The Labute approximate surface area is 199 Å². The Hall–Kier alpha value is -4.73. The molecule has 0 saturated carbocycles. The van der Waals surface area contributed by atoms with E-state index in [0.29, 0.717) is 11.5 Å². The minimum absolute atomic E-state index is 0.0611. The van der Waals surface area contributed by atoms with E-state index < -0.39 is 29.6 Å². The van der Waals surface area contributed by atoms with Gasteiger partial charge in [0.25, 0.3) is 11.8 Å². The second-order valence-electron chi connectivity index (χ2n) is 8.02. The Kier molecular flexibility index (Phi) is 5.61. The highest BCUT2D eigenvalue weighted by Gasteiger charge is 2.42. The second-order valence-corrected chi connectivity index (χ2v) is 8.02. The Balaban J connectivity index is 1.49. The number of imide groups is 1. The average Bonchev–Trinajstić information content (AvgIpc) is 3.40. The molecule has 5 rings (SSSR count). The monoisotopic (exact) mass is 470 g/mol. The van der Waals surface area contributed by atoms with Gasteiger partial charge in [-0.15, -0.1) is 5.10 Å². The third-order valence-corrected chi connectivity index (χ3v) is 5.79. The van der Waals surface area contributed by atoms with Crippen molar-refractivity contribution in [3.63, 3.8) is 0 Å². The average molecular weight is 470 g/mol. The van der Waals surface area contributed by atoms with Gasteiger partial charge >= 0.3 is 0 Å². The standard InChI is InChI=1S/C25H19FN6O3/c1-15-28-29-30-32(15)17-11-12-20(26)21(14-17)27-23(33)22(13-16-7-3-2-4-8-16)31-24(34)18-9-5-6-10-19(18)25(31)35/h2-12,14,22H,13H2,1H3,(H,27,33). The van der Waals surface area contributed by atoms with Crippen molar-refractivity contribution in [1.29, 1.82) is 0 Å². The summed E-state index contributed by atoms with van der Waals surface area (Å²) in [5.74, 6) is -2.05. The number of aromatic nitrogens is 4. The van der Waals surface area contributed by atoms with Gasteiger partial charge in [-0.2, -0.15) is 4.68 Å². The van der Waals surface area contributed by atoms with Crippen LogP contribution in [0.3, 0.4) is 0 Å². The smallest absolute Gasteiger partial charge is 0.262 e. The zero-order valence-electron chi connectivity index (χ0n) is 18.6. The first kappa shape index (κ1) is 22.1. The van der Waals surface area contributed by atoms with Crippen LogP contribution in [-0.2, 0) is 11.2 Å².